The predicted octanol–water partition coefficient (Wildman–Crippen LogP) is 1.28. The summed E-state index contributed by atoms with van der Waals surface area (Å²) in [6.45, 7) is 9.29. The second-order valence-corrected chi connectivity index (χ2v) is 6.39. The van der Waals surface area contributed by atoms with E-state index in [0.717, 1.165) is 32.7 Å². The summed E-state index contributed by atoms with van der Waals surface area (Å²) in [6.07, 6.45) is 4.41. The molecule has 0 aromatic carbocycles. The Labute approximate surface area is 138 Å². The minimum Gasteiger partial charge on any atom is -0.374 e. The summed E-state index contributed by atoms with van der Waals surface area (Å²) in [4.78, 5) is 18.2. The third-order valence-electron chi connectivity index (χ3n) is 3.79. The van der Waals surface area contributed by atoms with Gasteiger partial charge in [-0.25, -0.2) is 4.79 Å². The van der Waals surface area contributed by atoms with Gasteiger partial charge in [0.15, 0.2) is 0 Å². The summed E-state index contributed by atoms with van der Waals surface area (Å²) in [5, 5.41) is 5.77. The van der Waals surface area contributed by atoms with Crippen molar-refractivity contribution in [2.75, 3.05) is 39.3 Å². The highest BCUT2D eigenvalue weighted by Crippen LogP contribution is 2.07. The van der Waals surface area contributed by atoms with Crippen LogP contribution in [0.2, 0.25) is 0 Å². The molecule has 128 valence electrons. The van der Waals surface area contributed by atoms with Gasteiger partial charge < -0.3 is 15.4 Å². The monoisotopic (exact) mass is 320 g/mol. The van der Waals surface area contributed by atoms with Gasteiger partial charge in [-0.2, -0.15) is 0 Å². The molecule has 0 saturated carbocycles. The summed E-state index contributed by atoms with van der Waals surface area (Å²) < 4.78 is 5.72. The van der Waals surface area contributed by atoms with Crippen molar-refractivity contribution in [2.45, 2.75) is 26.4 Å². The predicted molar refractivity (Wildman–Crippen MR) is 90.4 cm³/mol. The highest BCUT2D eigenvalue weighted by Gasteiger charge is 2.21. The first kappa shape index (κ1) is 17.7. The number of rotatable bonds is 7. The van der Waals surface area contributed by atoms with Crippen LogP contribution in [0.25, 0.3) is 0 Å². The Hall–Kier alpha value is -1.66. The third kappa shape index (κ3) is 6.97. The van der Waals surface area contributed by atoms with Crippen molar-refractivity contribution in [3.63, 3.8) is 0 Å². The first-order valence-electron chi connectivity index (χ1n) is 8.38. The van der Waals surface area contributed by atoms with Gasteiger partial charge in [0.2, 0.25) is 0 Å². The van der Waals surface area contributed by atoms with Gasteiger partial charge in [-0.05, 0) is 30.0 Å². The van der Waals surface area contributed by atoms with Crippen LogP contribution in [0.4, 0.5) is 4.79 Å². The zero-order chi connectivity index (χ0) is 16.5. The number of ether oxygens (including phenoxy) is 1. The average Bonchev–Trinajstić information content (AvgIpc) is 2.54. The SMILES string of the molecule is CC(C)CN1CCO[C@@H](CNC(=O)NCCc2ccncc2)C1. The minimum atomic E-state index is -0.136. The van der Waals surface area contributed by atoms with E-state index >= 15 is 0 Å². The second kappa shape index (κ2) is 9.47. The number of amides is 2. The van der Waals surface area contributed by atoms with Crippen LogP contribution in [-0.4, -0.2) is 61.3 Å². The van der Waals surface area contributed by atoms with Crippen LogP contribution in [0.1, 0.15) is 19.4 Å². The molecule has 6 heteroatoms. The quantitative estimate of drug-likeness (QED) is 0.794. The van der Waals surface area contributed by atoms with Crippen LogP contribution in [-0.2, 0) is 11.2 Å². The van der Waals surface area contributed by atoms with Gasteiger partial charge in [0, 0.05) is 45.1 Å². The fourth-order valence-electron chi connectivity index (χ4n) is 2.72. The lowest BCUT2D eigenvalue weighted by Gasteiger charge is -2.33. The van der Waals surface area contributed by atoms with Crippen molar-refractivity contribution in [3.8, 4) is 0 Å². The van der Waals surface area contributed by atoms with Crippen LogP contribution in [0.5, 0.6) is 0 Å². The number of pyridine rings is 1. The van der Waals surface area contributed by atoms with Gasteiger partial charge in [-0.3, -0.25) is 9.88 Å². The first-order chi connectivity index (χ1) is 11.1. The molecule has 0 spiro atoms. The van der Waals surface area contributed by atoms with E-state index in [2.05, 4.69) is 34.4 Å². The molecule has 1 atom stereocenters. The van der Waals surface area contributed by atoms with Crippen molar-refractivity contribution in [1.82, 2.24) is 20.5 Å². The Kier molecular flexibility index (Phi) is 7.29. The molecular weight excluding hydrogens is 292 g/mol. The van der Waals surface area contributed by atoms with Crippen LogP contribution < -0.4 is 10.6 Å². The maximum absolute atomic E-state index is 11.8. The number of hydrogen-bond donors (Lipinski definition) is 2. The van der Waals surface area contributed by atoms with E-state index in [9.17, 15) is 4.79 Å². The summed E-state index contributed by atoms with van der Waals surface area (Å²) in [7, 11) is 0. The normalized spacial score (nSPS) is 18.8. The molecule has 0 aliphatic carbocycles. The molecule has 1 aromatic heterocycles. The lowest BCUT2D eigenvalue weighted by Crippen LogP contribution is -2.49. The molecular formula is C17H28N4O2. The number of aromatic nitrogens is 1. The summed E-state index contributed by atoms with van der Waals surface area (Å²) >= 11 is 0. The molecule has 2 heterocycles. The number of carbonyl (C=O) groups is 1. The van der Waals surface area contributed by atoms with Crippen LogP contribution >= 0.6 is 0 Å². The smallest absolute Gasteiger partial charge is 0.314 e. The van der Waals surface area contributed by atoms with Crippen LogP contribution in [0.3, 0.4) is 0 Å². The number of carbonyl (C=O) groups excluding carboxylic acids is 1. The number of hydrogen-bond acceptors (Lipinski definition) is 4. The molecule has 0 unspecified atom stereocenters. The standard InChI is InChI=1S/C17H28N4O2/c1-14(2)12-21-9-10-23-16(13-21)11-20-17(22)19-8-5-15-3-6-18-7-4-15/h3-4,6-7,14,16H,5,8-13H2,1-2H3,(H2,19,20,22)/t16-/m0/s1. The van der Waals surface area contributed by atoms with Crippen molar-refractivity contribution in [1.29, 1.82) is 0 Å². The third-order valence-corrected chi connectivity index (χ3v) is 3.79. The molecule has 0 bridgehead atoms. The molecule has 1 aliphatic rings. The largest absolute Gasteiger partial charge is 0.374 e. The Bertz CT molecular complexity index is 467. The van der Waals surface area contributed by atoms with Crippen LogP contribution in [0, 0.1) is 5.92 Å². The van der Waals surface area contributed by atoms with Crippen molar-refractivity contribution >= 4 is 6.03 Å². The highest BCUT2D eigenvalue weighted by atomic mass is 16.5. The van der Waals surface area contributed by atoms with E-state index in [1.807, 2.05) is 12.1 Å². The molecule has 1 aromatic rings. The molecule has 23 heavy (non-hydrogen) atoms. The lowest BCUT2D eigenvalue weighted by atomic mass is 10.2. The zero-order valence-electron chi connectivity index (χ0n) is 14.1. The summed E-state index contributed by atoms with van der Waals surface area (Å²) in [6, 6.07) is 3.78. The molecule has 2 rings (SSSR count). The Morgan fingerprint density at radius 2 is 2.17 bits per heavy atom. The molecule has 1 aliphatic heterocycles. The number of urea groups is 1. The van der Waals surface area contributed by atoms with Crippen molar-refractivity contribution in [3.05, 3.63) is 30.1 Å². The minimum absolute atomic E-state index is 0.0773. The van der Waals surface area contributed by atoms with E-state index in [4.69, 9.17) is 4.74 Å². The van der Waals surface area contributed by atoms with E-state index < -0.39 is 0 Å². The van der Waals surface area contributed by atoms with Gasteiger partial charge in [-0.1, -0.05) is 13.8 Å². The topological polar surface area (TPSA) is 66.5 Å². The van der Waals surface area contributed by atoms with Crippen molar-refractivity contribution in [2.24, 2.45) is 5.92 Å². The van der Waals surface area contributed by atoms with Gasteiger partial charge in [0.1, 0.15) is 0 Å². The Morgan fingerprint density at radius 1 is 1.39 bits per heavy atom. The number of nitrogens with one attached hydrogen (secondary N) is 2. The van der Waals surface area contributed by atoms with Crippen molar-refractivity contribution < 1.29 is 9.53 Å². The lowest BCUT2D eigenvalue weighted by molar-refractivity contribution is -0.0290. The molecule has 1 fully saturated rings. The van der Waals surface area contributed by atoms with E-state index in [-0.39, 0.29) is 12.1 Å². The maximum atomic E-state index is 11.8. The van der Waals surface area contributed by atoms with Gasteiger partial charge in [-0.15, -0.1) is 0 Å². The maximum Gasteiger partial charge on any atom is 0.314 e. The van der Waals surface area contributed by atoms with Gasteiger partial charge in [0.25, 0.3) is 0 Å². The molecule has 2 amide bonds. The van der Waals surface area contributed by atoms with Gasteiger partial charge >= 0.3 is 6.03 Å². The second-order valence-electron chi connectivity index (χ2n) is 6.39. The summed E-state index contributed by atoms with van der Waals surface area (Å²) in [5.74, 6) is 0.651. The Morgan fingerprint density at radius 3 is 2.91 bits per heavy atom. The van der Waals surface area contributed by atoms with E-state index in [1.54, 1.807) is 12.4 Å². The zero-order valence-corrected chi connectivity index (χ0v) is 14.1. The molecule has 1 saturated heterocycles. The highest BCUT2D eigenvalue weighted by molar-refractivity contribution is 5.73. The molecule has 6 nitrogen and oxygen atoms in total. The Balaban J connectivity index is 1.60. The average molecular weight is 320 g/mol. The van der Waals surface area contributed by atoms with Crippen LogP contribution in [0.15, 0.2) is 24.5 Å². The van der Waals surface area contributed by atoms with E-state index in [1.165, 1.54) is 5.56 Å². The molecule has 0 radical (unpaired) electrons. The van der Waals surface area contributed by atoms with E-state index in [0.29, 0.717) is 19.0 Å². The fourth-order valence-corrected chi connectivity index (χ4v) is 2.72. The summed E-state index contributed by atoms with van der Waals surface area (Å²) in [5.41, 5.74) is 1.17. The number of morpholine rings is 1. The number of nitrogens with zero attached hydrogens (tertiary/aromatic N) is 2. The van der Waals surface area contributed by atoms with Gasteiger partial charge in [0.05, 0.1) is 12.7 Å². The fraction of sp³-hybridized carbons (Fsp3) is 0.647. The first-order valence-corrected chi connectivity index (χ1v) is 8.38. The molecule has 2 N–H and O–H groups in total.